The van der Waals surface area contributed by atoms with Gasteiger partial charge in [0, 0.05) is 50.2 Å². The highest BCUT2D eigenvalue weighted by atomic mass is 32.1. The van der Waals surface area contributed by atoms with Crippen molar-refractivity contribution in [1.29, 1.82) is 0 Å². The Kier molecular flexibility index (Phi) is 6.25. The van der Waals surface area contributed by atoms with Gasteiger partial charge < -0.3 is 10.1 Å². The van der Waals surface area contributed by atoms with E-state index in [2.05, 4.69) is 34.4 Å². The molecule has 0 saturated carbocycles. The molecular formula is C18H29N3O2S. The lowest BCUT2D eigenvalue weighted by molar-refractivity contribution is -0.128. The van der Waals surface area contributed by atoms with Gasteiger partial charge in [0.15, 0.2) is 0 Å². The number of amides is 1. The predicted octanol–water partition coefficient (Wildman–Crippen LogP) is 2.59. The molecule has 1 aromatic heterocycles. The lowest BCUT2D eigenvalue weighted by Gasteiger charge is -2.25. The van der Waals surface area contributed by atoms with Crippen LogP contribution in [0.25, 0.3) is 0 Å². The minimum atomic E-state index is 0.135. The van der Waals surface area contributed by atoms with E-state index >= 15 is 0 Å². The van der Waals surface area contributed by atoms with Crippen LogP contribution in [-0.4, -0.2) is 48.1 Å². The summed E-state index contributed by atoms with van der Waals surface area (Å²) in [5, 5.41) is 6.63. The molecule has 2 aliphatic rings. The van der Waals surface area contributed by atoms with Crippen molar-refractivity contribution in [3.05, 3.63) is 16.1 Å². The van der Waals surface area contributed by atoms with Crippen LogP contribution in [0.15, 0.2) is 5.38 Å². The maximum absolute atomic E-state index is 12.6. The molecule has 0 spiro atoms. The monoisotopic (exact) mass is 351 g/mol. The number of likely N-dealkylation sites (tertiary alicyclic amines) is 1. The lowest BCUT2D eigenvalue weighted by Crippen LogP contribution is -2.44. The Balaban J connectivity index is 1.57. The molecule has 3 rings (SSSR count). The van der Waals surface area contributed by atoms with Crippen LogP contribution in [0, 0.1) is 18.8 Å². The van der Waals surface area contributed by atoms with Gasteiger partial charge in [0.25, 0.3) is 0 Å². The fraction of sp³-hybridized carbons (Fsp3) is 0.778. The number of aryl methyl sites for hydroxylation is 1. The number of nitrogens with zero attached hydrogens (tertiary/aromatic N) is 2. The molecule has 1 amide bonds. The van der Waals surface area contributed by atoms with E-state index in [1.165, 1.54) is 6.42 Å². The fourth-order valence-corrected chi connectivity index (χ4v) is 4.49. The largest absolute Gasteiger partial charge is 0.381 e. The van der Waals surface area contributed by atoms with Gasteiger partial charge >= 0.3 is 0 Å². The van der Waals surface area contributed by atoms with E-state index in [4.69, 9.17) is 4.74 Å². The van der Waals surface area contributed by atoms with Gasteiger partial charge in [-0.25, -0.2) is 4.98 Å². The molecule has 5 nitrogen and oxygen atoms in total. The van der Waals surface area contributed by atoms with Gasteiger partial charge in [-0.1, -0.05) is 13.3 Å². The molecule has 0 bridgehead atoms. The molecule has 134 valence electrons. The van der Waals surface area contributed by atoms with E-state index in [1.807, 2.05) is 0 Å². The van der Waals surface area contributed by atoms with E-state index in [0.29, 0.717) is 5.92 Å². The van der Waals surface area contributed by atoms with Crippen LogP contribution < -0.4 is 5.32 Å². The molecule has 2 fully saturated rings. The van der Waals surface area contributed by atoms with Crippen LogP contribution in [0.3, 0.4) is 0 Å². The van der Waals surface area contributed by atoms with Crippen molar-refractivity contribution in [2.45, 2.75) is 52.1 Å². The minimum Gasteiger partial charge on any atom is -0.381 e. The van der Waals surface area contributed by atoms with Gasteiger partial charge in [0.1, 0.15) is 0 Å². The second-order valence-corrected chi connectivity index (χ2v) is 8.16. The van der Waals surface area contributed by atoms with E-state index in [9.17, 15) is 4.79 Å². The second-order valence-electron chi connectivity index (χ2n) is 7.10. The summed E-state index contributed by atoms with van der Waals surface area (Å²) in [5.41, 5.74) is 1.16. The average Bonchev–Trinajstić information content (AvgIpc) is 3.15. The summed E-state index contributed by atoms with van der Waals surface area (Å²) < 4.78 is 5.37. The molecule has 2 saturated heterocycles. The van der Waals surface area contributed by atoms with E-state index in [1.54, 1.807) is 11.3 Å². The van der Waals surface area contributed by atoms with Crippen LogP contribution in [0.5, 0.6) is 0 Å². The zero-order chi connectivity index (χ0) is 16.9. The van der Waals surface area contributed by atoms with Crippen LogP contribution in [-0.2, 0) is 16.1 Å². The van der Waals surface area contributed by atoms with Crippen molar-refractivity contribution in [2.75, 3.05) is 26.3 Å². The molecule has 6 heteroatoms. The van der Waals surface area contributed by atoms with Gasteiger partial charge in [-0.2, -0.15) is 0 Å². The molecule has 1 aromatic rings. The van der Waals surface area contributed by atoms with Crippen molar-refractivity contribution in [3.63, 3.8) is 0 Å². The molecule has 1 N–H and O–H groups in total. The SMILES string of the molecule is CCC[C@@H]1CN(Cc2csc(C)n2)C[C@H]1NC(=O)C1CCOCC1. The molecule has 3 heterocycles. The first kappa shape index (κ1) is 17.8. The third-order valence-corrected chi connectivity index (χ3v) is 5.97. The van der Waals surface area contributed by atoms with Gasteiger partial charge in [-0.15, -0.1) is 11.3 Å². The second kappa shape index (κ2) is 8.41. The Hall–Kier alpha value is -0.980. The van der Waals surface area contributed by atoms with E-state index in [-0.39, 0.29) is 17.9 Å². The Morgan fingerprint density at radius 2 is 2.21 bits per heavy atom. The molecule has 0 radical (unpaired) electrons. The minimum absolute atomic E-state index is 0.135. The predicted molar refractivity (Wildman–Crippen MR) is 96.0 cm³/mol. The number of hydrogen-bond acceptors (Lipinski definition) is 5. The van der Waals surface area contributed by atoms with E-state index < -0.39 is 0 Å². The molecular weight excluding hydrogens is 322 g/mol. The molecule has 0 aromatic carbocycles. The van der Waals surface area contributed by atoms with Gasteiger partial charge in [0.05, 0.1) is 10.7 Å². The number of ether oxygens (including phenoxy) is 1. The number of aromatic nitrogens is 1. The summed E-state index contributed by atoms with van der Waals surface area (Å²) in [6, 6.07) is 0.278. The van der Waals surface area contributed by atoms with E-state index in [0.717, 1.165) is 62.8 Å². The molecule has 24 heavy (non-hydrogen) atoms. The topological polar surface area (TPSA) is 54.5 Å². The van der Waals surface area contributed by atoms with Gasteiger partial charge in [-0.3, -0.25) is 9.69 Å². The number of nitrogens with one attached hydrogen (secondary N) is 1. The smallest absolute Gasteiger partial charge is 0.223 e. The van der Waals surface area contributed by atoms with Gasteiger partial charge in [-0.05, 0) is 32.1 Å². The van der Waals surface area contributed by atoms with Crippen molar-refractivity contribution in [1.82, 2.24) is 15.2 Å². The Morgan fingerprint density at radius 1 is 1.42 bits per heavy atom. The van der Waals surface area contributed by atoms with Crippen LogP contribution >= 0.6 is 11.3 Å². The summed E-state index contributed by atoms with van der Waals surface area (Å²) in [5.74, 6) is 0.922. The number of hydrogen-bond donors (Lipinski definition) is 1. The third kappa shape index (κ3) is 4.55. The summed E-state index contributed by atoms with van der Waals surface area (Å²) in [4.78, 5) is 19.6. The first-order chi connectivity index (χ1) is 11.7. The third-order valence-electron chi connectivity index (χ3n) is 5.15. The van der Waals surface area contributed by atoms with Crippen molar-refractivity contribution >= 4 is 17.2 Å². The summed E-state index contributed by atoms with van der Waals surface area (Å²) in [7, 11) is 0. The van der Waals surface area contributed by atoms with Gasteiger partial charge in [0.2, 0.25) is 5.91 Å². The zero-order valence-corrected chi connectivity index (χ0v) is 15.6. The van der Waals surface area contributed by atoms with Crippen LogP contribution in [0.1, 0.15) is 43.3 Å². The first-order valence-electron chi connectivity index (χ1n) is 9.17. The quantitative estimate of drug-likeness (QED) is 0.856. The molecule has 2 aliphatic heterocycles. The molecule has 0 aliphatic carbocycles. The van der Waals surface area contributed by atoms with Crippen LogP contribution in [0.2, 0.25) is 0 Å². The lowest BCUT2D eigenvalue weighted by atomic mass is 9.95. The first-order valence-corrected chi connectivity index (χ1v) is 10.0. The number of rotatable bonds is 6. The maximum Gasteiger partial charge on any atom is 0.223 e. The van der Waals surface area contributed by atoms with Crippen LogP contribution in [0.4, 0.5) is 0 Å². The maximum atomic E-state index is 12.6. The Bertz CT molecular complexity index is 542. The Morgan fingerprint density at radius 3 is 2.88 bits per heavy atom. The standard InChI is InChI=1S/C18H29N3O2S/c1-3-4-15-9-21(10-16-12-24-13(2)19-16)11-17(15)20-18(22)14-5-7-23-8-6-14/h12,14-15,17H,3-11H2,1-2H3,(H,20,22)/t15-,17-/m1/s1. The summed E-state index contributed by atoms with van der Waals surface area (Å²) in [6.07, 6.45) is 4.06. The molecule has 0 unspecified atom stereocenters. The Labute approximate surface area is 148 Å². The molecule has 2 atom stereocenters. The highest BCUT2D eigenvalue weighted by Crippen LogP contribution is 2.25. The number of carbonyl (C=O) groups is 1. The highest BCUT2D eigenvalue weighted by molar-refractivity contribution is 7.09. The normalized spacial score (nSPS) is 25.9. The summed E-state index contributed by atoms with van der Waals surface area (Å²) >= 11 is 1.71. The van der Waals surface area contributed by atoms with Crippen molar-refractivity contribution in [2.24, 2.45) is 11.8 Å². The van der Waals surface area contributed by atoms with Crippen molar-refractivity contribution < 1.29 is 9.53 Å². The zero-order valence-electron chi connectivity index (χ0n) is 14.8. The number of carbonyl (C=O) groups excluding carboxylic acids is 1. The highest BCUT2D eigenvalue weighted by Gasteiger charge is 2.34. The van der Waals surface area contributed by atoms with Crippen molar-refractivity contribution in [3.8, 4) is 0 Å². The summed E-state index contributed by atoms with van der Waals surface area (Å²) in [6.45, 7) is 8.61. The fourth-order valence-electron chi connectivity index (χ4n) is 3.89. The average molecular weight is 352 g/mol. The number of thiazole rings is 1.